The Morgan fingerprint density at radius 2 is 1.73 bits per heavy atom. The molecule has 1 aliphatic rings. The Kier molecular flexibility index (Phi) is 3.29. The molecule has 0 aromatic carbocycles. The second kappa shape index (κ2) is 3.67. The molecule has 1 heterocycles. The van der Waals surface area contributed by atoms with Gasteiger partial charge in [-0.2, -0.15) is 0 Å². The maximum absolute atomic E-state index is 5.11. The lowest BCUT2D eigenvalue weighted by Gasteiger charge is -2.32. The van der Waals surface area contributed by atoms with Gasteiger partial charge in [0.2, 0.25) is 0 Å². The summed E-state index contributed by atoms with van der Waals surface area (Å²) < 4.78 is 1.13. The third kappa shape index (κ3) is 2.96. The molecule has 0 bridgehead atoms. The third-order valence-electron chi connectivity index (χ3n) is 2.03. The van der Waals surface area contributed by atoms with Crippen molar-refractivity contribution in [2.45, 2.75) is 20.8 Å². The van der Waals surface area contributed by atoms with Gasteiger partial charge in [0.1, 0.15) is 3.53 Å². The quantitative estimate of drug-likeness (QED) is 0.558. The molecule has 0 N–H and O–H groups in total. The van der Waals surface area contributed by atoms with Gasteiger partial charge in [-0.25, -0.2) is 0 Å². The van der Waals surface area contributed by atoms with Crippen LogP contribution in [0.3, 0.4) is 0 Å². The van der Waals surface area contributed by atoms with Gasteiger partial charge >= 0.3 is 0 Å². The van der Waals surface area contributed by atoms with Crippen LogP contribution in [0, 0.1) is 11.3 Å². The van der Waals surface area contributed by atoms with Crippen LogP contribution in [0.2, 0.25) is 0 Å². The van der Waals surface area contributed by atoms with Crippen LogP contribution in [0.5, 0.6) is 0 Å². The number of thioether (sulfide) groups is 2. The summed E-state index contributed by atoms with van der Waals surface area (Å²) in [5, 5.41) is 0. The van der Waals surface area contributed by atoms with Crippen molar-refractivity contribution >= 4 is 39.3 Å². The van der Waals surface area contributed by atoms with Crippen LogP contribution in [-0.2, 0) is 0 Å². The lowest BCUT2D eigenvalue weighted by atomic mass is 9.83. The van der Waals surface area contributed by atoms with Gasteiger partial charge in [0, 0.05) is 11.5 Å². The lowest BCUT2D eigenvalue weighted by molar-refractivity contribution is 0.294. The average Bonchev–Trinajstić information content (AvgIpc) is 1.86. The molecule has 0 spiro atoms. The van der Waals surface area contributed by atoms with Crippen LogP contribution >= 0.6 is 35.7 Å². The monoisotopic (exact) mass is 206 g/mol. The van der Waals surface area contributed by atoms with E-state index in [1.165, 1.54) is 11.5 Å². The molecule has 64 valence electrons. The van der Waals surface area contributed by atoms with E-state index in [4.69, 9.17) is 12.2 Å². The molecule has 11 heavy (non-hydrogen) atoms. The fourth-order valence-corrected chi connectivity index (χ4v) is 4.14. The summed E-state index contributed by atoms with van der Waals surface area (Å²) in [7, 11) is 0. The minimum Gasteiger partial charge on any atom is -0.107 e. The Balaban J connectivity index is 2.45. The van der Waals surface area contributed by atoms with Crippen molar-refractivity contribution in [3.63, 3.8) is 0 Å². The van der Waals surface area contributed by atoms with Crippen molar-refractivity contribution in [3.05, 3.63) is 0 Å². The Morgan fingerprint density at radius 3 is 2.09 bits per heavy atom. The van der Waals surface area contributed by atoms with Crippen LogP contribution in [0.25, 0.3) is 0 Å². The largest absolute Gasteiger partial charge is 0.107 e. The van der Waals surface area contributed by atoms with Crippen LogP contribution in [0.15, 0.2) is 0 Å². The molecule has 1 aliphatic heterocycles. The van der Waals surface area contributed by atoms with E-state index in [9.17, 15) is 0 Å². The number of rotatable bonds is 0. The normalized spacial score (nSPS) is 22.3. The molecule has 3 heteroatoms. The molecular formula is C8H14S3. The molecule has 0 aromatic rings. The summed E-state index contributed by atoms with van der Waals surface area (Å²) in [6.07, 6.45) is 0. The topological polar surface area (TPSA) is 0 Å². The zero-order valence-electron chi connectivity index (χ0n) is 7.22. The molecule has 0 unspecified atom stereocenters. The fourth-order valence-electron chi connectivity index (χ4n) is 0.927. The van der Waals surface area contributed by atoms with Gasteiger partial charge in [-0.3, -0.25) is 0 Å². The molecule has 1 rings (SSSR count). The Labute approximate surface area is 82.9 Å². The number of hydrogen-bond donors (Lipinski definition) is 0. The minimum atomic E-state index is 0.454. The molecule has 0 saturated carbocycles. The van der Waals surface area contributed by atoms with E-state index in [0.29, 0.717) is 5.41 Å². The lowest BCUT2D eigenvalue weighted by Crippen LogP contribution is -2.27. The van der Waals surface area contributed by atoms with Crippen molar-refractivity contribution in [1.29, 1.82) is 0 Å². The van der Waals surface area contributed by atoms with Gasteiger partial charge in [0.15, 0.2) is 0 Å². The SMILES string of the molecule is CC(C)(C)C1CSC(=S)SC1. The molecule has 0 aromatic heterocycles. The Bertz CT molecular complexity index is 147. The summed E-state index contributed by atoms with van der Waals surface area (Å²) in [6, 6.07) is 0. The van der Waals surface area contributed by atoms with Crippen LogP contribution < -0.4 is 0 Å². The van der Waals surface area contributed by atoms with Gasteiger partial charge in [0.05, 0.1) is 0 Å². The summed E-state index contributed by atoms with van der Waals surface area (Å²) in [5.41, 5.74) is 0.454. The second-order valence-corrected chi connectivity index (χ2v) is 7.18. The fraction of sp³-hybridized carbons (Fsp3) is 0.875. The second-order valence-electron chi connectivity index (χ2n) is 3.93. The summed E-state index contributed by atoms with van der Waals surface area (Å²) in [6.45, 7) is 6.94. The van der Waals surface area contributed by atoms with Crippen LogP contribution in [0.1, 0.15) is 20.8 Å². The van der Waals surface area contributed by atoms with E-state index >= 15 is 0 Å². The third-order valence-corrected chi connectivity index (χ3v) is 5.05. The van der Waals surface area contributed by atoms with Crippen molar-refractivity contribution in [1.82, 2.24) is 0 Å². The van der Waals surface area contributed by atoms with E-state index in [2.05, 4.69) is 20.8 Å². The zero-order chi connectivity index (χ0) is 8.48. The van der Waals surface area contributed by atoms with Gasteiger partial charge in [-0.05, 0) is 11.3 Å². The van der Waals surface area contributed by atoms with E-state index < -0.39 is 0 Å². The molecule has 0 aliphatic carbocycles. The van der Waals surface area contributed by atoms with Crippen molar-refractivity contribution < 1.29 is 0 Å². The predicted octanol–water partition coefficient (Wildman–Crippen LogP) is 3.41. The van der Waals surface area contributed by atoms with Crippen molar-refractivity contribution in [2.24, 2.45) is 11.3 Å². The molecule has 1 saturated heterocycles. The maximum atomic E-state index is 5.11. The van der Waals surface area contributed by atoms with Gasteiger partial charge in [-0.15, -0.1) is 23.5 Å². The number of thiocarbonyl (C=S) groups is 1. The smallest absolute Gasteiger partial charge is 0.104 e. The Morgan fingerprint density at radius 1 is 1.27 bits per heavy atom. The molecule has 0 nitrogen and oxygen atoms in total. The van der Waals surface area contributed by atoms with E-state index in [0.717, 1.165) is 9.45 Å². The molecule has 1 fully saturated rings. The average molecular weight is 206 g/mol. The maximum Gasteiger partial charge on any atom is 0.104 e. The van der Waals surface area contributed by atoms with E-state index in [-0.39, 0.29) is 0 Å². The highest BCUT2D eigenvalue weighted by Crippen LogP contribution is 2.38. The van der Waals surface area contributed by atoms with Crippen molar-refractivity contribution in [3.8, 4) is 0 Å². The zero-order valence-corrected chi connectivity index (χ0v) is 9.67. The first-order valence-electron chi connectivity index (χ1n) is 3.79. The molecular weight excluding hydrogens is 192 g/mol. The first-order chi connectivity index (χ1) is 5.00. The highest BCUT2D eigenvalue weighted by molar-refractivity contribution is 8.47. The predicted molar refractivity (Wildman–Crippen MR) is 60.5 cm³/mol. The molecule has 0 amide bonds. The van der Waals surface area contributed by atoms with E-state index in [1.807, 2.05) is 23.5 Å². The first kappa shape index (κ1) is 9.87. The van der Waals surface area contributed by atoms with Gasteiger partial charge in [-0.1, -0.05) is 33.0 Å². The standard InChI is InChI=1S/C8H14S3/c1-8(2,3)6-4-10-7(9)11-5-6/h6H,4-5H2,1-3H3. The van der Waals surface area contributed by atoms with Crippen LogP contribution in [0.4, 0.5) is 0 Å². The van der Waals surface area contributed by atoms with E-state index in [1.54, 1.807) is 0 Å². The minimum absolute atomic E-state index is 0.454. The molecule has 0 radical (unpaired) electrons. The summed E-state index contributed by atoms with van der Waals surface area (Å²) in [5.74, 6) is 3.26. The molecule has 0 atom stereocenters. The number of hydrogen-bond acceptors (Lipinski definition) is 3. The Hall–Kier alpha value is 0.790. The highest BCUT2D eigenvalue weighted by atomic mass is 32.2. The summed E-state index contributed by atoms with van der Waals surface area (Å²) in [4.78, 5) is 0. The summed E-state index contributed by atoms with van der Waals surface area (Å²) >= 11 is 8.80. The van der Waals surface area contributed by atoms with Gasteiger partial charge < -0.3 is 0 Å². The first-order valence-corrected chi connectivity index (χ1v) is 6.17. The van der Waals surface area contributed by atoms with Crippen molar-refractivity contribution in [2.75, 3.05) is 11.5 Å². The highest BCUT2D eigenvalue weighted by Gasteiger charge is 2.28. The van der Waals surface area contributed by atoms with Crippen LogP contribution in [-0.4, -0.2) is 15.0 Å². The van der Waals surface area contributed by atoms with Gasteiger partial charge in [0.25, 0.3) is 0 Å².